The first kappa shape index (κ1) is 19.0. The predicted molar refractivity (Wildman–Crippen MR) is 112 cm³/mol. The van der Waals surface area contributed by atoms with Crippen LogP contribution in [-0.2, 0) is 22.1 Å². The molecule has 0 bridgehead atoms. The van der Waals surface area contributed by atoms with Gasteiger partial charge in [-0.1, -0.05) is 48.5 Å². The number of hydrogen-bond acceptors (Lipinski definition) is 3. The van der Waals surface area contributed by atoms with Crippen molar-refractivity contribution in [2.45, 2.75) is 17.2 Å². The van der Waals surface area contributed by atoms with Crippen LogP contribution in [-0.4, -0.2) is 24.1 Å². The van der Waals surface area contributed by atoms with Gasteiger partial charge in [0.2, 0.25) is 0 Å². The van der Waals surface area contributed by atoms with Gasteiger partial charge in [-0.15, -0.1) is 0 Å². The van der Waals surface area contributed by atoms with Gasteiger partial charge in [-0.2, -0.15) is 0 Å². The molecule has 0 aliphatic rings. The lowest BCUT2D eigenvalue weighted by atomic mass is 10.1. The third-order valence-corrected chi connectivity index (χ3v) is 6.53. The van der Waals surface area contributed by atoms with Gasteiger partial charge in [-0.25, -0.2) is 13.2 Å². The normalized spacial score (nSPS) is 11.6. The van der Waals surface area contributed by atoms with Crippen LogP contribution in [0.4, 0.5) is 0 Å². The van der Waals surface area contributed by atoms with E-state index in [1.54, 1.807) is 54.6 Å². The summed E-state index contributed by atoms with van der Waals surface area (Å²) in [5.41, 5.74) is 2.73. The van der Waals surface area contributed by atoms with Crippen LogP contribution in [0.3, 0.4) is 0 Å². The molecule has 0 saturated heterocycles. The number of sulfone groups is 1. The molecule has 0 spiro atoms. The molecule has 0 aliphatic carbocycles. The number of nitrogens with zero attached hydrogens (tertiary/aromatic N) is 1. The van der Waals surface area contributed by atoms with Gasteiger partial charge in [0.15, 0.2) is 9.84 Å². The van der Waals surface area contributed by atoms with Crippen LogP contribution in [0.15, 0.2) is 90.0 Å². The van der Waals surface area contributed by atoms with Crippen molar-refractivity contribution in [3.63, 3.8) is 0 Å². The number of rotatable bonds is 6. The molecule has 3 aromatic carbocycles. The van der Waals surface area contributed by atoms with Gasteiger partial charge in [0.05, 0.1) is 16.2 Å². The average Bonchev–Trinajstić information content (AvgIpc) is 3.10. The highest BCUT2D eigenvalue weighted by Gasteiger charge is 2.15. The van der Waals surface area contributed by atoms with Crippen molar-refractivity contribution >= 4 is 26.7 Å². The summed E-state index contributed by atoms with van der Waals surface area (Å²) in [5.74, 6) is -1.03. The molecule has 4 aromatic rings. The summed E-state index contributed by atoms with van der Waals surface area (Å²) in [7, 11) is -3.41. The summed E-state index contributed by atoms with van der Waals surface area (Å²) in [4.78, 5) is 11.6. The standard InChI is InChI=1S/C23H19NO4S/c25-23(26)20-10-9-19-11-12-24(22(19)14-20)15-17-5-4-6-18(13-17)16-29(27,28)21-7-2-1-3-8-21/h1-14H,15-16H2,(H,25,26). The summed E-state index contributed by atoms with van der Waals surface area (Å²) in [6.45, 7) is 0.520. The molecular formula is C23H19NO4S. The maximum absolute atomic E-state index is 12.6. The zero-order valence-corrected chi connectivity index (χ0v) is 16.3. The van der Waals surface area contributed by atoms with Crippen LogP contribution in [0.5, 0.6) is 0 Å². The first-order valence-corrected chi connectivity index (χ1v) is 10.8. The van der Waals surface area contributed by atoms with Crippen LogP contribution in [0, 0.1) is 0 Å². The molecule has 1 heterocycles. The van der Waals surface area contributed by atoms with Crippen LogP contribution in [0.1, 0.15) is 21.5 Å². The average molecular weight is 405 g/mol. The van der Waals surface area contributed by atoms with Gasteiger partial charge in [0.1, 0.15) is 0 Å². The molecule has 0 radical (unpaired) electrons. The molecule has 0 saturated carbocycles. The molecule has 4 rings (SSSR count). The minimum absolute atomic E-state index is 0.0690. The van der Waals surface area contributed by atoms with Crippen molar-refractivity contribution in [1.29, 1.82) is 0 Å². The lowest BCUT2D eigenvalue weighted by Gasteiger charge is -2.09. The first-order valence-electron chi connectivity index (χ1n) is 9.10. The van der Waals surface area contributed by atoms with E-state index in [0.29, 0.717) is 17.0 Å². The molecule has 146 valence electrons. The number of aromatic nitrogens is 1. The second kappa shape index (κ2) is 7.56. The lowest BCUT2D eigenvalue weighted by Crippen LogP contribution is -2.06. The number of carboxylic acids is 1. The molecular weight excluding hydrogens is 386 g/mol. The number of fused-ring (bicyclic) bond motifs is 1. The van der Waals surface area contributed by atoms with Crippen LogP contribution >= 0.6 is 0 Å². The topological polar surface area (TPSA) is 76.4 Å². The molecule has 1 N–H and O–H groups in total. The van der Waals surface area contributed by atoms with Crippen LogP contribution in [0.2, 0.25) is 0 Å². The van der Waals surface area contributed by atoms with E-state index in [1.165, 1.54) is 0 Å². The second-order valence-corrected chi connectivity index (χ2v) is 8.90. The van der Waals surface area contributed by atoms with E-state index >= 15 is 0 Å². The Kier molecular flexibility index (Phi) is 4.94. The maximum atomic E-state index is 12.6. The van der Waals surface area contributed by atoms with E-state index in [1.807, 2.05) is 35.0 Å². The highest BCUT2D eigenvalue weighted by molar-refractivity contribution is 7.90. The SMILES string of the molecule is O=C(O)c1ccc2ccn(Cc3cccc(CS(=O)(=O)c4ccccc4)c3)c2c1. The number of hydrogen-bond donors (Lipinski definition) is 1. The van der Waals surface area contributed by atoms with E-state index in [0.717, 1.165) is 16.5 Å². The van der Waals surface area contributed by atoms with Gasteiger partial charge in [-0.05, 0) is 46.8 Å². The third-order valence-electron chi connectivity index (χ3n) is 4.82. The van der Waals surface area contributed by atoms with Gasteiger partial charge in [0, 0.05) is 18.3 Å². The number of aromatic carboxylic acids is 1. The van der Waals surface area contributed by atoms with E-state index in [4.69, 9.17) is 0 Å². The molecule has 6 heteroatoms. The Labute approximate surface area is 168 Å². The smallest absolute Gasteiger partial charge is 0.335 e. The summed E-state index contributed by atoms with van der Waals surface area (Å²) in [6, 6.07) is 22.9. The van der Waals surface area contributed by atoms with Gasteiger partial charge < -0.3 is 9.67 Å². The van der Waals surface area contributed by atoms with E-state index < -0.39 is 15.8 Å². The van der Waals surface area contributed by atoms with Crippen molar-refractivity contribution < 1.29 is 18.3 Å². The third kappa shape index (κ3) is 4.07. The Morgan fingerprint density at radius 2 is 1.62 bits per heavy atom. The number of carboxylic acid groups (broad SMARTS) is 1. The summed E-state index contributed by atoms with van der Waals surface area (Å²) in [5, 5.41) is 10.2. The second-order valence-electron chi connectivity index (χ2n) is 6.91. The van der Waals surface area contributed by atoms with Crippen molar-refractivity contribution in [3.05, 3.63) is 102 Å². The molecule has 0 aliphatic heterocycles. The number of benzene rings is 3. The highest BCUT2D eigenvalue weighted by atomic mass is 32.2. The largest absolute Gasteiger partial charge is 0.478 e. The van der Waals surface area contributed by atoms with Crippen LogP contribution in [0.25, 0.3) is 10.9 Å². The van der Waals surface area contributed by atoms with E-state index in [2.05, 4.69) is 0 Å². The number of carbonyl (C=O) groups is 1. The van der Waals surface area contributed by atoms with Crippen molar-refractivity contribution in [1.82, 2.24) is 4.57 Å². The molecule has 1 aromatic heterocycles. The molecule has 0 atom stereocenters. The van der Waals surface area contributed by atoms with Gasteiger partial charge in [0.25, 0.3) is 0 Å². The Balaban J connectivity index is 1.61. The fraction of sp³-hybridized carbons (Fsp3) is 0.0870. The van der Waals surface area contributed by atoms with Gasteiger partial charge in [-0.3, -0.25) is 0 Å². The Bertz CT molecular complexity index is 1290. The lowest BCUT2D eigenvalue weighted by molar-refractivity contribution is 0.0697. The van der Waals surface area contributed by atoms with Crippen molar-refractivity contribution in [2.24, 2.45) is 0 Å². The zero-order chi connectivity index (χ0) is 20.4. The minimum atomic E-state index is -3.41. The predicted octanol–water partition coefficient (Wildman–Crippen LogP) is 4.36. The Morgan fingerprint density at radius 1 is 0.862 bits per heavy atom. The van der Waals surface area contributed by atoms with Crippen LogP contribution < -0.4 is 0 Å². The zero-order valence-electron chi connectivity index (χ0n) is 15.5. The first-order chi connectivity index (χ1) is 13.9. The van der Waals surface area contributed by atoms with Gasteiger partial charge >= 0.3 is 5.97 Å². The monoisotopic (exact) mass is 405 g/mol. The summed E-state index contributed by atoms with van der Waals surface area (Å²) in [6.07, 6.45) is 1.91. The van der Waals surface area contributed by atoms with E-state index in [9.17, 15) is 18.3 Å². The molecule has 0 fully saturated rings. The Hall–Kier alpha value is -3.38. The Morgan fingerprint density at radius 3 is 2.38 bits per heavy atom. The quantitative estimate of drug-likeness (QED) is 0.517. The fourth-order valence-corrected chi connectivity index (χ4v) is 4.76. The highest BCUT2D eigenvalue weighted by Crippen LogP contribution is 2.21. The van der Waals surface area contributed by atoms with E-state index in [-0.39, 0.29) is 11.3 Å². The van der Waals surface area contributed by atoms with Crippen molar-refractivity contribution in [3.8, 4) is 0 Å². The minimum Gasteiger partial charge on any atom is -0.478 e. The molecule has 5 nitrogen and oxygen atoms in total. The summed E-state index contributed by atoms with van der Waals surface area (Å²) < 4.78 is 27.3. The maximum Gasteiger partial charge on any atom is 0.335 e. The summed E-state index contributed by atoms with van der Waals surface area (Å²) >= 11 is 0. The van der Waals surface area contributed by atoms with Crippen molar-refractivity contribution in [2.75, 3.05) is 0 Å². The molecule has 0 amide bonds. The molecule has 29 heavy (non-hydrogen) atoms. The fourth-order valence-electron chi connectivity index (χ4n) is 3.40. The molecule has 0 unspecified atom stereocenters.